The summed E-state index contributed by atoms with van der Waals surface area (Å²) < 4.78 is 6.97. The van der Waals surface area contributed by atoms with Gasteiger partial charge in [-0.05, 0) is 18.9 Å². The van der Waals surface area contributed by atoms with E-state index in [4.69, 9.17) is 10.5 Å². The molecule has 2 aromatic heterocycles. The van der Waals surface area contributed by atoms with Crippen molar-refractivity contribution in [1.82, 2.24) is 19.5 Å². The van der Waals surface area contributed by atoms with E-state index in [2.05, 4.69) is 15.0 Å². The van der Waals surface area contributed by atoms with E-state index in [9.17, 15) is 14.9 Å². The second-order valence-electron chi connectivity index (χ2n) is 5.58. The highest BCUT2D eigenvalue weighted by atomic mass is 16.6. The topological polar surface area (TPSA) is 139 Å². The quantitative estimate of drug-likeness (QED) is 0.305. The summed E-state index contributed by atoms with van der Waals surface area (Å²) in [7, 11) is 0. The predicted molar refractivity (Wildman–Crippen MR) is 92.5 cm³/mol. The molecule has 0 spiro atoms. The number of aryl methyl sites for hydroxylation is 2. The summed E-state index contributed by atoms with van der Waals surface area (Å²) in [6.07, 6.45) is 3.43. The molecule has 0 unspecified atom stereocenters. The number of nitro benzene ring substituents is 1. The first-order valence-electron chi connectivity index (χ1n) is 7.81. The van der Waals surface area contributed by atoms with Crippen LogP contribution in [0, 0.1) is 17.0 Å². The third-order valence-corrected chi connectivity index (χ3v) is 3.86. The summed E-state index contributed by atoms with van der Waals surface area (Å²) in [4.78, 5) is 34.9. The van der Waals surface area contributed by atoms with E-state index in [0.717, 1.165) is 0 Å². The van der Waals surface area contributed by atoms with Gasteiger partial charge in [-0.15, -0.1) is 0 Å². The number of fused-ring (bicyclic) bond motifs is 1. The lowest BCUT2D eigenvalue weighted by Crippen LogP contribution is -2.12. The molecule has 1 aromatic carbocycles. The molecule has 10 nitrogen and oxygen atoms in total. The van der Waals surface area contributed by atoms with Gasteiger partial charge in [0.05, 0.1) is 17.9 Å². The highest BCUT2D eigenvalue weighted by molar-refractivity contribution is 5.95. The summed E-state index contributed by atoms with van der Waals surface area (Å²) in [5.41, 5.74) is 7.05. The summed E-state index contributed by atoms with van der Waals surface area (Å²) in [5, 5.41) is 11.1. The molecule has 0 atom stereocenters. The number of nitrogen functional groups attached to an aromatic ring is 1. The van der Waals surface area contributed by atoms with Gasteiger partial charge in [0.1, 0.15) is 17.4 Å². The number of nitrogens with two attached hydrogens (primary N) is 1. The van der Waals surface area contributed by atoms with Crippen LogP contribution in [0.2, 0.25) is 0 Å². The van der Waals surface area contributed by atoms with Crippen LogP contribution in [0.3, 0.4) is 0 Å². The molecule has 3 aromatic rings. The van der Waals surface area contributed by atoms with Crippen molar-refractivity contribution in [2.45, 2.75) is 19.9 Å². The zero-order chi connectivity index (χ0) is 18.7. The standard InChI is InChI=1S/C16H16N6O4/c1-10-4-2-5-11(22(24)25)12(10)16(23)26-7-3-6-21-9-20-13-14(17)18-8-19-15(13)21/h2,4-5,8-9H,3,6-7H2,1H3,(H2,17,18,19). The Morgan fingerprint density at radius 3 is 2.92 bits per heavy atom. The van der Waals surface area contributed by atoms with E-state index in [1.165, 1.54) is 18.5 Å². The number of nitro groups is 1. The molecule has 0 saturated heterocycles. The predicted octanol–water partition coefficient (Wildman–Crippen LogP) is 1.87. The average Bonchev–Trinajstić information content (AvgIpc) is 3.02. The number of carbonyl (C=O) groups is 1. The molecule has 26 heavy (non-hydrogen) atoms. The first-order valence-corrected chi connectivity index (χ1v) is 7.81. The lowest BCUT2D eigenvalue weighted by Gasteiger charge is -2.08. The van der Waals surface area contributed by atoms with E-state index in [1.54, 1.807) is 23.9 Å². The van der Waals surface area contributed by atoms with Crippen molar-refractivity contribution in [2.24, 2.45) is 0 Å². The molecule has 0 radical (unpaired) electrons. The summed E-state index contributed by atoms with van der Waals surface area (Å²) >= 11 is 0. The average molecular weight is 356 g/mol. The fraction of sp³-hybridized carbons (Fsp3) is 0.250. The largest absolute Gasteiger partial charge is 0.462 e. The molecule has 0 saturated carbocycles. The van der Waals surface area contributed by atoms with Gasteiger partial charge in [-0.1, -0.05) is 12.1 Å². The van der Waals surface area contributed by atoms with Crippen molar-refractivity contribution in [2.75, 3.05) is 12.3 Å². The molecule has 0 aliphatic rings. The van der Waals surface area contributed by atoms with Gasteiger partial charge in [0, 0.05) is 12.6 Å². The molecule has 0 aliphatic heterocycles. The summed E-state index contributed by atoms with van der Waals surface area (Å²) in [6, 6.07) is 4.44. The van der Waals surface area contributed by atoms with Gasteiger partial charge in [0.25, 0.3) is 5.69 Å². The van der Waals surface area contributed by atoms with Crippen molar-refractivity contribution in [3.63, 3.8) is 0 Å². The number of nitrogens with zero attached hydrogens (tertiary/aromatic N) is 5. The maximum absolute atomic E-state index is 12.2. The van der Waals surface area contributed by atoms with Crippen LogP contribution < -0.4 is 5.73 Å². The van der Waals surface area contributed by atoms with E-state index in [-0.39, 0.29) is 17.9 Å². The van der Waals surface area contributed by atoms with Gasteiger partial charge in [0.15, 0.2) is 11.5 Å². The number of rotatable bonds is 6. The van der Waals surface area contributed by atoms with Crippen LogP contribution >= 0.6 is 0 Å². The molecule has 0 fully saturated rings. The number of benzene rings is 1. The number of esters is 1. The number of carbonyl (C=O) groups excluding carboxylic acids is 1. The minimum Gasteiger partial charge on any atom is -0.462 e. The van der Waals surface area contributed by atoms with Gasteiger partial charge in [-0.25, -0.2) is 19.7 Å². The summed E-state index contributed by atoms with van der Waals surface area (Å²) in [5.74, 6) is -0.413. The Bertz CT molecular complexity index is 984. The van der Waals surface area contributed by atoms with Crippen molar-refractivity contribution in [3.05, 3.63) is 52.1 Å². The van der Waals surface area contributed by atoms with Gasteiger partial charge >= 0.3 is 5.97 Å². The van der Waals surface area contributed by atoms with Crippen LogP contribution in [0.25, 0.3) is 11.2 Å². The smallest absolute Gasteiger partial charge is 0.345 e. The van der Waals surface area contributed by atoms with E-state index in [1.807, 2.05) is 0 Å². The van der Waals surface area contributed by atoms with Crippen LogP contribution in [-0.2, 0) is 11.3 Å². The zero-order valence-corrected chi connectivity index (χ0v) is 14.0. The first-order chi connectivity index (χ1) is 12.5. The van der Waals surface area contributed by atoms with E-state index >= 15 is 0 Å². The maximum atomic E-state index is 12.2. The highest BCUT2D eigenvalue weighted by Gasteiger charge is 2.23. The third kappa shape index (κ3) is 3.29. The van der Waals surface area contributed by atoms with Crippen LogP contribution in [0.1, 0.15) is 22.3 Å². The lowest BCUT2D eigenvalue weighted by atomic mass is 10.1. The molecule has 2 heterocycles. The maximum Gasteiger partial charge on any atom is 0.345 e. The van der Waals surface area contributed by atoms with Gasteiger partial charge in [-0.2, -0.15) is 0 Å². The van der Waals surface area contributed by atoms with Crippen LogP contribution in [0.4, 0.5) is 11.5 Å². The molecule has 3 rings (SSSR count). The fourth-order valence-corrected chi connectivity index (χ4v) is 2.60. The van der Waals surface area contributed by atoms with Gasteiger partial charge in [-0.3, -0.25) is 10.1 Å². The molecule has 0 amide bonds. The Labute approximate surface area is 147 Å². The molecule has 10 heteroatoms. The van der Waals surface area contributed by atoms with Crippen molar-refractivity contribution >= 4 is 28.6 Å². The first kappa shape index (κ1) is 17.3. The Hall–Kier alpha value is -3.56. The van der Waals surface area contributed by atoms with Crippen LogP contribution in [-0.4, -0.2) is 37.0 Å². The normalized spacial score (nSPS) is 10.8. The van der Waals surface area contributed by atoms with E-state index in [0.29, 0.717) is 35.5 Å². The monoisotopic (exact) mass is 356 g/mol. The molecular weight excluding hydrogens is 340 g/mol. The minimum atomic E-state index is -0.711. The third-order valence-electron chi connectivity index (χ3n) is 3.86. The lowest BCUT2D eigenvalue weighted by molar-refractivity contribution is -0.385. The number of imidazole rings is 1. The molecule has 0 bridgehead atoms. The van der Waals surface area contributed by atoms with E-state index < -0.39 is 10.9 Å². The van der Waals surface area contributed by atoms with Crippen molar-refractivity contribution in [1.29, 1.82) is 0 Å². The Morgan fingerprint density at radius 1 is 1.35 bits per heavy atom. The zero-order valence-electron chi connectivity index (χ0n) is 14.0. The van der Waals surface area contributed by atoms with Crippen molar-refractivity contribution < 1.29 is 14.5 Å². The minimum absolute atomic E-state index is 0.0221. The SMILES string of the molecule is Cc1cccc([N+](=O)[O-])c1C(=O)OCCCn1cnc2c(N)ncnc21. The number of aromatic nitrogens is 4. The van der Waals surface area contributed by atoms with Crippen molar-refractivity contribution in [3.8, 4) is 0 Å². The summed E-state index contributed by atoms with van der Waals surface area (Å²) in [6.45, 7) is 2.23. The van der Waals surface area contributed by atoms with Crippen LogP contribution in [0.15, 0.2) is 30.9 Å². The number of ether oxygens (including phenoxy) is 1. The Kier molecular flexibility index (Phi) is 4.74. The van der Waals surface area contributed by atoms with Gasteiger partial charge in [0.2, 0.25) is 0 Å². The second kappa shape index (κ2) is 7.13. The highest BCUT2D eigenvalue weighted by Crippen LogP contribution is 2.22. The second-order valence-corrected chi connectivity index (χ2v) is 5.58. The molecule has 134 valence electrons. The fourth-order valence-electron chi connectivity index (χ4n) is 2.60. The van der Waals surface area contributed by atoms with Crippen LogP contribution in [0.5, 0.6) is 0 Å². The number of hydrogen-bond donors (Lipinski definition) is 1. The number of anilines is 1. The Morgan fingerprint density at radius 2 is 2.15 bits per heavy atom. The number of hydrogen-bond acceptors (Lipinski definition) is 8. The Balaban J connectivity index is 1.63. The molecule has 0 aliphatic carbocycles. The van der Waals surface area contributed by atoms with Gasteiger partial charge < -0.3 is 15.0 Å². The molecule has 2 N–H and O–H groups in total. The molecular formula is C16H16N6O4.